The highest BCUT2D eigenvalue weighted by Gasteiger charge is 2.17. The number of nitrogens with zero attached hydrogens (tertiary/aromatic N) is 1. The largest absolute Gasteiger partial charge is 0.333 e. The molecule has 0 aliphatic rings. The number of carbonyl (C=O) groups excluding carboxylic acids is 2. The van der Waals surface area contributed by atoms with Crippen molar-refractivity contribution in [3.05, 3.63) is 28.8 Å². The highest BCUT2D eigenvalue weighted by Crippen LogP contribution is 2.22. The van der Waals surface area contributed by atoms with E-state index in [4.69, 9.17) is 16.4 Å². The van der Waals surface area contributed by atoms with Crippen molar-refractivity contribution in [1.29, 1.82) is 0 Å². The normalized spacial score (nSPS) is 11.0. The molecule has 0 radical (unpaired) electrons. The molecule has 0 saturated carbocycles. The van der Waals surface area contributed by atoms with E-state index in [1.165, 1.54) is 20.2 Å². The van der Waals surface area contributed by atoms with Gasteiger partial charge in [0.25, 0.3) is 5.91 Å². The molecule has 0 bridgehead atoms. The van der Waals surface area contributed by atoms with Crippen LogP contribution in [0, 0.1) is 0 Å². The van der Waals surface area contributed by atoms with Crippen LogP contribution in [0.3, 0.4) is 0 Å². The van der Waals surface area contributed by atoms with Gasteiger partial charge in [0, 0.05) is 18.3 Å². The molecule has 0 saturated heterocycles. The van der Waals surface area contributed by atoms with Crippen LogP contribution in [0.4, 0.5) is 10.5 Å². The van der Waals surface area contributed by atoms with Gasteiger partial charge in [0.2, 0.25) is 0 Å². The van der Waals surface area contributed by atoms with Crippen LogP contribution in [0.25, 0.3) is 0 Å². The average Bonchev–Trinajstić information content (AvgIpc) is 2.37. The summed E-state index contributed by atoms with van der Waals surface area (Å²) in [5.41, 5.74) is 0.356. The van der Waals surface area contributed by atoms with E-state index >= 15 is 0 Å². The number of urea groups is 1. The second-order valence-corrected chi connectivity index (χ2v) is 5.92. The van der Waals surface area contributed by atoms with E-state index in [-0.39, 0.29) is 22.2 Å². The van der Waals surface area contributed by atoms with Gasteiger partial charge in [-0.2, -0.15) is 0 Å². The summed E-state index contributed by atoms with van der Waals surface area (Å²) in [4.78, 5) is 28.7. The van der Waals surface area contributed by atoms with Crippen LogP contribution in [0.5, 0.6) is 0 Å². The number of anilines is 1. The number of hydroxylamine groups is 2. The lowest BCUT2D eigenvalue weighted by Crippen LogP contribution is -2.43. The first-order valence-corrected chi connectivity index (χ1v) is 6.72. The minimum absolute atomic E-state index is 0.245. The molecule has 1 rings (SSSR count). The van der Waals surface area contributed by atoms with Crippen LogP contribution in [0.15, 0.2) is 18.2 Å². The van der Waals surface area contributed by atoms with E-state index in [0.717, 1.165) is 5.06 Å². The van der Waals surface area contributed by atoms with E-state index in [9.17, 15) is 9.59 Å². The number of amides is 3. The Balaban J connectivity index is 2.92. The van der Waals surface area contributed by atoms with Gasteiger partial charge in [0.15, 0.2) is 0 Å². The second-order valence-electron chi connectivity index (χ2n) is 5.51. The Morgan fingerprint density at radius 3 is 2.43 bits per heavy atom. The third kappa shape index (κ3) is 5.24. The first-order valence-electron chi connectivity index (χ1n) is 6.35. The van der Waals surface area contributed by atoms with Crippen molar-refractivity contribution in [2.75, 3.05) is 19.5 Å². The van der Waals surface area contributed by atoms with Crippen LogP contribution in [0.1, 0.15) is 31.1 Å². The lowest BCUT2D eigenvalue weighted by atomic mass is 10.1. The summed E-state index contributed by atoms with van der Waals surface area (Å²) in [5, 5.41) is 6.76. The highest BCUT2D eigenvalue weighted by atomic mass is 35.5. The van der Waals surface area contributed by atoms with Crippen LogP contribution in [-0.4, -0.2) is 36.7 Å². The minimum Gasteiger partial charge on any atom is -0.333 e. The molecular weight excluding hydrogens is 294 g/mol. The Kier molecular flexibility index (Phi) is 5.57. The summed E-state index contributed by atoms with van der Waals surface area (Å²) >= 11 is 6.00. The fraction of sp³-hybridized carbons (Fsp3) is 0.429. The summed E-state index contributed by atoms with van der Waals surface area (Å²) in [6, 6.07) is 4.31. The molecule has 0 spiro atoms. The third-order valence-electron chi connectivity index (χ3n) is 2.50. The molecule has 7 heteroatoms. The van der Waals surface area contributed by atoms with E-state index in [1.54, 1.807) is 12.1 Å². The number of rotatable bonds is 3. The SMILES string of the molecule is CON(C)C(=O)c1cc(NC(=O)NC(C)(C)C)ccc1Cl. The third-order valence-corrected chi connectivity index (χ3v) is 2.83. The molecule has 0 fully saturated rings. The van der Waals surface area contributed by atoms with Gasteiger partial charge in [-0.25, -0.2) is 9.86 Å². The zero-order valence-corrected chi connectivity index (χ0v) is 13.5. The fourth-order valence-corrected chi connectivity index (χ4v) is 1.72. The van der Waals surface area contributed by atoms with Crippen molar-refractivity contribution < 1.29 is 14.4 Å². The molecule has 1 aromatic carbocycles. The molecule has 1 aromatic rings. The number of benzene rings is 1. The molecule has 0 atom stereocenters. The molecule has 116 valence electrons. The van der Waals surface area contributed by atoms with Crippen LogP contribution < -0.4 is 10.6 Å². The van der Waals surface area contributed by atoms with Crippen molar-refractivity contribution >= 4 is 29.2 Å². The summed E-state index contributed by atoms with van der Waals surface area (Å²) in [7, 11) is 2.86. The molecule has 3 amide bonds. The lowest BCUT2D eigenvalue weighted by Gasteiger charge is -2.21. The second kappa shape index (κ2) is 6.78. The Hall–Kier alpha value is -1.79. The van der Waals surface area contributed by atoms with E-state index < -0.39 is 5.91 Å². The zero-order valence-electron chi connectivity index (χ0n) is 12.8. The quantitative estimate of drug-likeness (QED) is 0.843. The number of hydrogen-bond donors (Lipinski definition) is 2. The van der Waals surface area contributed by atoms with Gasteiger partial charge in [-0.05, 0) is 39.0 Å². The predicted molar refractivity (Wildman–Crippen MR) is 82.5 cm³/mol. The van der Waals surface area contributed by atoms with Crippen molar-refractivity contribution in [3.63, 3.8) is 0 Å². The molecule has 2 N–H and O–H groups in total. The molecule has 21 heavy (non-hydrogen) atoms. The minimum atomic E-state index is -0.401. The lowest BCUT2D eigenvalue weighted by molar-refractivity contribution is -0.0756. The molecule has 0 unspecified atom stereocenters. The smallest absolute Gasteiger partial charge is 0.319 e. The predicted octanol–water partition coefficient (Wildman–Crippen LogP) is 2.89. The van der Waals surface area contributed by atoms with Crippen molar-refractivity contribution in [1.82, 2.24) is 10.4 Å². The Morgan fingerprint density at radius 1 is 1.29 bits per heavy atom. The van der Waals surface area contributed by atoms with Gasteiger partial charge in [0.1, 0.15) is 0 Å². The zero-order chi connectivity index (χ0) is 16.2. The van der Waals surface area contributed by atoms with E-state index in [2.05, 4.69) is 10.6 Å². The maximum absolute atomic E-state index is 12.1. The first-order chi connectivity index (χ1) is 9.64. The number of nitrogens with one attached hydrogen (secondary N) is 2. The summed E-state index contributed by atoms with van der Waals surface area (Å²) < 4.78 is 0. The van der Waals surface area contributed by atoms with Gasteiger partial charge in [-0.3, -0.25) is 9.63 Å². The van der Waals surface area contributed by atoms with E-state index in [0.29, 0.717) is 5.69 Å². The molecule has 0 aromatic heterocycles. The van der Waals surface area contributed by atoms with Gasteiger partial charge >= 0.3 is 6.03 Å². The van der Waals surface area contributed by atoms with Crippen molar-refractivity contribution in [2.45, 2.75) is 26.3 Å². The topological polar surface area (TPSA) is 70.7 Å². The van der Waals surface area contributed by atoms with Gasteiger partial charge < -0.3 is 10.6 Å². The standard InChI is InChI=1S/C14H20ClN3O3/c1-14(2,3)17-13(20)16-9-6-7-11(15)10(8-9)12(19)18(4)21-5/h6-8H,1-5H3,(H2,16,17,20). The van der Waals surface area contributed by atoms with Gasteiger partial charge in [0.05, 0.1) is 17.7 Å². The Bertz CT molecular complexity index is 541. The highest BCUT2D eigenvalue weighted by molar-refractivity contribution is 6.34. The number of hydrogen-bond acceptors (Lipinski definition) is 3. The monoisotopic (exact) mass is 313 g/mol. The first kappa shape index (κ1) is 17.3. The summed E-state index contributed by atoms with van der Waals surface area (Å²) in [5.74, 6) is -0.401. The van der Waals surface area contributed by atoms with Gasteiger partial charge in [-0.1, -0.05) is 11.6 Å². The Labute approximate surface area is 129 Å². The molecule has 0 aliphatic carbocycles. The van der Waals surface area contributed by atoms with Gasteiger partial charge in [-0.15, -0.1) is 0 Å². The fourth-order valence-electron chi connectivity index (χ4n) is 1.52. The van der Waals surface area contributed by atoms with Crippen molar-refractivity contribution in [2.24, 2.45) is 0 Å². The summed E-state index contributed by atoms with van der Waals surface area (Å²) in [6.07, 6.45) is 0. The van der Waals surface area contributed by atoms with Crippen LogP contribution in [0.2, 0.25) is 5.02 Å². The number of carbonyl (C=O) groups is 2. The van der Waals surface area contributed by atoms with Crippen LogP contribution >= 0.6 is 11.6 Å². The maximum atomic E-state index is 12.1. The average molecular weight is 314 g/mol. The maximum Gasteiger partial charge on any atom is 0.319 e. The van der Waals surface area contributed by atoms with Crippen LogP contribution in [-0.2, 0) is 4.84 Å². The van der Waals surface area contributed by atoms with E-state index in [1.807, 2.05) is 20.8 Å². The Morgan fingerprint density at radius 2 is 1.90 bits per heavy atom. The van der Waals surface area contributed by atoms with Crippen molar-refractivity contribution in [3.8, 4) is 0 Å². The molecule has 0 heterocycles. The number of halogens is 1. The summed E-state index contributed by atoms with van der Waals surface area (Å²) in [6.45, 7) is 5.62. The molecule has 6 nitrogen and oxygen atoms in total. The molecule has 0 aliphatic heterocycles. The molecular formula is C14H20ClN3O3.